The number of hydrogen-bond donors (Lipinski definition) is 0. The molecule has 0 aliphatic rings. The van der Waals surface area contributed by atoms with Crippen molar-refractivity contribution in [1.29, 1.82) is 0 Å². The van der Waals surface area contributed by atoms with Gasteiger partial charge in [0, 0.05) is 12.7 Å². The van der Waals surface area contributed by atoms with Crippen LogP contribution in [0.1, 0.15) is 22.8 Å². The van der Waals surface area contributed by atoms with Gasteiger partial charge >= 0.3 is 0 Å². The molecule has 0 unspecified atom stereocenters. The highest BCUT2D eigenvalue weighted by molar-refractivity contribution is 5.94. The van der Waals surface area contributed by atoms with Crippen molar-refractivity contribution in [3.8, 4) is 5.75 Å². The molecule has 0 aliphatic heterocycles. The number of benzene rings is 1. The molecule has 0 heterocycles. The number of carbonyl (C=O) groups is 1. The lowest BCUT2D eigenvalue weighted by atomic mass is 10.1. The van der Waals surface area contributed by atoms with Gasteiger partial charge in [0.2, 0.25) is 0 Å². The number of rotatable bonds is 8. The monoisotopic (exact) mass is 252 g/mol. The van der Waals surface area contributed by atoms with Gasteiger partial charge in [0.15, 0.2) is 5.78 Å². The van der Waals surface area contributed by atoms with Crippen LogP contribution in [0.15, 0.2) is 18.2 Å². The average molecular weight is 252 g/mol. The Morgan fingerprint density at radius 1 is 1.17 bits per heavy atom. The summed E-state index contributed by atoms with van der Waals surface area (Å²) in [6.45, 7) is 5.65. The van der Waals surface area contributed by atoms with Gasteiger partial charge in [0.05, 0.1) is 19.8 Å². The molecule has 0 spiro atoms. The van der Waals surface area contributed by atoms with Gasteiger partial charge in [-0.1, -0.05) is 0 Å². The summed E-state index contributed by atoms with van der Waals surface area (Å²) in [4.78, 5) is 11.2. The number of carbonyl (C=O) groups excluding carboxylic acids is 1. The van der Waals surface area contributed by atoms with Gasteiger partial charge in [-0.2, -0.15) is 0 Å². The minimum atomic E-state index is 0.0625. The zero-order valence-electron chi connectivity index (χ0n) is 11.2. The predicted octanol–water partition coefficient (Wildman–Crippen LogP) is 2.24. The normalized spacial score (nSPS) is 10.4. The Bertz CT molecular complexity index is 387. The molecule has 0 fully saturated rings. The zero-order chi connectivity index (χ0) is 13.4. The zero-order valence-corrected chi connectivity index (χ0v) is 11.2. The van der Waals surface area contributed by atoms with E-state index >= 15 is 0 Å². The summed E-state index contributed by atoms with van der Waals surface area (Å²) >= 11 is 0. The molecule has 0 N–H and O–H groups in total. The smallest absolute Gasteiger partial charge is 0.159 e. The van der Waals surface area contributed by atoms with E-state index in [1.165, 1.54) is 0 Å². The molecule has 4 nitrogen and oxygen atoms in total. The van der Waals surface area contributed by atoms with E-state index in [2.05, 4.69) is 0 Å². The Hall–Kier alpha value is -1.39. The highest BCUT2D eigenvalue weighted by atomic mass is 16.5. The van der Waals surface area contributed by atoms with Crippen molar-refractivity contribution < 1.29 is 19.0 Å². The van der Waals surface area contributed by atoms with E-state index in [0.717, 1.165) is 11.3 Å². The number of ether oxygens (including phenoxy) is 3. The minimum Gasteiger partial charge on any atom is -0.491 e. The van der Waals surface area contributed by atoms with Crippen LogP contribution in [0.3, 0.4) is 0 Å². The van der Waals surface area contributed by atoms with Gasteiger partial charge in [-0.05, 0) is 37.6 Å². The Balaban J connectivity index is 2.36. The van der Waals surface area contributed by atoms with E-state index in [0.29, 0.717) is 32.0 Å². The molecule has 4 heteroatoms. The molecule has 18 heavy (non-hydrogen) atoms. The standard InChI is InChI=1S/C14H20O4/c1-11-10-13(12(2)15)4-5-14(11)18-9-8-17-7-6-16-3/h4-5,10H,6-9H2,1-3H3. The SMILES string of the molecule is COCCOCCOc1ccc(C(C)=O)cc1C. The van der Waals surface area contributed by atoms with Crippen LogP contribution in [-0.4, -0.2) is 39.3 Å². The molecule has 0 amide bonds. The fourth-order valence-electron chi connectivity index (χ4n) is 1.49. The molecular weight excluding hydrogens is 232 g/mol. The van der Waals surface area contributed by atoms with Crippen molar-refractivity contribution in [1.82, 2.24) is 0 Å². The van der Waals surface area contributed by atoms with Crippen molar-refractivity contribution in [3.63, 3.8) is 0 Å². The van der Waals surface area contributed by atoms with E-state index in [1.54, 1.807) is 20.1 Å². The summed E-state index contributed by atoms with van der Waals surface area (Å²) in [5.41, 5.74) is 1.66. The first-order valence-corrected chi connectivity index (χ1v) is 5.96. The van der Waals surface area contributed by atoms with Crippen molar-refractivity contribution in [3.05, 3.63) is 29.3 Å². The lowest BCUT2D eigenvalue weighted by molar-refractivity contribution is 0.0543. The third-order valence-corrected chi connectivity index (χ3v) is 2.50. The van der Waals surface area contributed by atoms with Gasteiger partial charge in [-0.3, -0.25) is 4.79 Å². The Kier molecular flexibility index (Phi) is 6.39. The van der Waals surface area contributed by atoms with Gasteiger partial charge in [0.1, 0.15) is 12.4 Å². The predicted molar refractivity (Wildman–Crippen MR) is 69.4 cm³/mol. The second kappa shape index (κ2) is 7.84. The van der Waals surface area contributed by atoms with Crippen LogP contribution in [0.2, 0.25) is 0 Å². The first-order valence-electron chi connectivity index (χ1n) is 5.96. The molecule has 0 aliphatic carbocycles. The maximum Gasteiger partial charge on any atom is 0.159 e. The molecule has 100 valence electrons. The summed E-state index contributed by atoms with van der Waals surface area (Å²) in [6, 6.07) is 5.43. The Labute approximate surface area is 108 Å². The van der Waals surface area contributed by atoms with E-state index in [-0.39, 0.29) is 5.78 Å². The minimum absolute atomic E-state index is 0.0625. The highest BCUT2D eigenvalue weighted by Gasteiger charge is 2.04. The Morgan fingerprint density at radius 2 is 1.89 bits per heavy atom. The molecule has 0 atom stereocenters. The fourth-order valence-corrected chi connectivity index (χ4v) is 1.49. The largest absolute Gasteiger partial charge is 0.491 e. The molecule has 0 radical (unpaired) electrons. The van der Waals surface area contributed by atoms with Crippen LogP contribution in [0, 0.1) is 6.92 Å². The second-order valence-electron chi connectivity index (χ2n) is 3.99. The summed E-state index contributed by atoms with van der Waals surface area (Å²) < 4.78 is 15.7. The van der Waals surface area contributed by atoms with E-state index < -0.39 is 0 Å². The van der Waals surface area contributed by atoms with Crippen LogP contribution in [0.4, 0.5) is 0 Å². The number of Topliss-reactive ketones (excluding diaryl/α,β-unsaturated/α-hetero) is 1. The van der Waals surface area contributed by atoms with Crippen LogP contribution in [0.5, 0.6) is 5.75 Å². The van der Waals surface area contributed by atoms with Crippen molar-refractivity contribution >= 4 is 5.78 Å². The van der Waals surface area contributed by atoms with Gasteiger partial charge in [-0.25, -0.2) is 0 Å². The molecule has 0 saturated carbocycles. The maximum absolute atomic E-state index is 11.2. The highest BCUT2D eigenvalue weighted by Crippen LogP contribution is 2.19. The molecule has 1 rings (SSSR count). The van der Waals surface area contributed by atoms with Gasteiger partial charge in [0.25, 0.3) is 0 Å². The quantitative estimate of drug-likeness (QED) is 0.526. The van der Waals surface area contributed by atoms with Crippen LogP contribution < -0.4 is 4.74 Å². The molecule has 0 aromatic heterocycles. The van der Waals surface area contributed by atoms with Crippen molar-refractivity contribution in [2.24, 2.45) is 0 Å². The maximum atomic E-state index is 11.2. The molecule has 1 aromatic carbocycles. The van der Waals surface area contributed by atoms with Crippen LogP contribution in [-0.2, 0) is 9.47 Å². The topological polar surface area (TPSA) is 44.8 Å². The van der Waals surface area contributed by atoms with Crippen LogP contribution in [0.25, 0.3) is 0 Å². The van der Waals surface area contributed by atoms with Crippen molar-refractivity contribution in [2.75, 3.05) is 33.5 Å². The van der Waals surface area contributed by atoms with E-state index in [9.17, 15) is 4.79 Å². The first-order chi connectivity index (χ1) is 8.65. The van der Waals surface area contributed by atoms with Crippen LogP contribution >= 0.6 is 0 Å². The first kappa shape index (κ1) is 14.7. The third-order valence-electron chi connectivity index (χ3n) is 2.50. The van der Waals surface area contributed by atoms with E-state index in [1.807, 2.05) is 19.1 Å². The molecule has 1 aromatic rings. The second-order valence-corrected chi connectivity index (χ2v) is 3.99. The number of hydrogen-bond acceptors (Lipinski definition) is 4. The fraction of sp³-hybridized carbons (Fsp3) is 0.500. The lowest BCUT2D eigenvalue weighted by Crippen LogP contribution is -2.10. The summed E-state index contributed by atoms with van der Waals surface area (Å²) in [5.74, 6) is 0.850. The molecule has 0 saturated heterocycles. The third kappa shape index (κ3) is 4.85. The average Bonchev–Trinajstić information content (AvgIpc) is 2.35. The summed E-state index contributed by atoms with van der Waals surface area (Å²) in [6.07, 6.45) is 0. The molecule has 0 bridgehead atoms. The van der Waals surface area contributed by atoms with Gasteiger partial charge < -0.3 is 14.2 Å². The summed E-state index contributed by atoms with van der Waals surface area (Å²) in [7, 11) is 1.64. The van der Waals surface area contributed by atoms with Gasteiger partial charge in [-0.15, -0.1) is 0 Å². The Morgan fingerprint density at radius 3 is 2.50 bits per heavy atom. The van der Waals surface area contributed by atoms with E-state index in [4.69, 9.17) is 14.2 Å². The number of methoxy groups -OCH3 is 1. The number of aryl methyl sites for hydroxylation is 1. The number of ketones is 1. The lowest BCUT2D eigenvalue weighted by Gasteiger charge is -2.10. The molecular formula is C14H20O4. The summed E-state index contributed by atoms with van der Waals surface area (Å²) in [5, 5.41) is 0. The van der Waals surface area contributed by atoms with Crippen molar-refractivity contribution in [2.45, 2.75) is 13.8 Å².